The Morgan fingerprint density at radius 3 is 2.60 bits per heavy atom. The van der Waals surface area contributed by atoms with Crippen LogP contribution in [0.5, 0.6) is 0 Å². The third-order valence-corrected chi connectivity index (χ3v) is 2.45. The number of rotatable bonds is 7. The van der Waals surface area contributed by atoms with Gasteiger partial charge in [0.15, 0.2) is 0 Å². The normalized spacial score (nSPS) is 14.7. The molecule has 0 saturated heterocycles. The lowest BCUT2D eigenvalue weighted by atomic mass is 9.96. The van der Waals surface area contributed by atoms with Crippen molar-refractivity contribution in [3.63, 3.8) is 0 Å². The van der Waals surface area contributed by atoms with Gasteiger partial charge in [-0.3, -0.25) is 4.79 Å². The molecule has 1 atom stereocenters. The lowest BCUT2D eigenvalue weighted by molar-refractivity contribution is -0.135. The third kappa shape index (κ3) is 5.14. The van der Waals surface area contributed by atoms with Crippen molar-refractivity contribution in [2.24, 2.45) is 5.73 Å². The molecule has 2 N–H and O–H groups in total. The van der Waals surface area contributed by atoms with E-state index in [4.69, 9.17) is 10.5 Å². The lowest BCUT2D eigenvalue weighted by Gasteiger charge is -2.28. The smallest absolute Gasteiger partial charge is 0.242 e. The highest BCUT2D eigenvalue weighted by Crippen LogP contribution is 2.11. The molecule has 0 bridgehead atoms. The number of hydrogen-bond acceptors (Lipinski definition) is 3. The highest BCUT2D eigenvalue weighted by atomic mass is 16.5. The molecule has 0 aromatic carbocycles. The van der Waals surface area contributed by atoms with Gasteiger partial charge in [0.05, 0.1) is 5.54 Å². The molecular formula is C11H24N2O2. The van der Waals surface area contributed by atoms with Gasteiger partial charge in [0.1, 0.15) is 0 Å². The fraction of sp³-hybridized carbons (Fsp3) is 0.909. The van der Waals surface area contributed by atoms with E-state index < -0.39 is 5.54 Å². The van der Waals surface area contributed by atoms with Gasteiger partial charge < -0.3 is 15.4 Å². The maximum absolute atomic E-state index is 11.9. The monoisotopic (exact) mass is 216 g/mol. The largest absolute Gasteiger partial charge is 0.385 e. The minimum Gasteiger partial charge on any atom is -0.385 e. The summed E-state index contributed by atoms with van der Waals surface area (Å²) in [5.74, 6) is 0.0143. The fourth-order valence-electron chi connectivity index (χ4n) is 1.61. The van der Waals surface area contributed by atoms with Gasteiger partial charge >= 0.3 is 0 Å². The van der Waals surface area contributed by atoms with Gasteiger partial charge in [0.25, 0.3) is 0 Å². The first-order valence-electron chi connectivity index (χ1n) is 5.49. The van der Waals surface area contributed by atoms with Gasteiger partial charge in [-0.15, -0.1) is 0 Å². The summed E-state index contributed by atoms with van der Waals surface area (Å²) in [6.07, 6.45) is 2.49. The van der Waals surface area contributed by atoms with E-state index in [0.717, 1.165) is 19.3 Å². The third-order valence-electron chi connectivity index (χ3n) is 2.45. The van der Waals surface area contributed by atoms with Crippen molar-refractivity contribution in [3.8, 4) is 0 Å². The van der Waals surface area contributed by atoms with Crippen LogP contribution in [0.2, 0.25) is 0 Å². The first-order chi connectivity index (χ1) is 6.95. The van der Waals surface area contributed by atoms with Crippen LogP contribution < -0.4 is 5.73 Å². The van der Waals surface area contributed by atoms with Gasteiger partial charge in [0, 0.05) is 27.3 Å². The molecule has 0 heterocycles. The summed E-state index contributed by atoms with van der Waals surface area (Å²) in [4.78, 5) is 13.6. The van der Waals surface area contributed by atoms with Crippen molar-refractivity contribution in [2.45, 2.75) is 38.6 Å². The van der Waals surface area contributed by atoms with E-state index in [1.54, 1.807) is 26.0 Å². The summed E-state index contributed by atoms with van der Waals surface area (Å²) in [5.41, 5.74) is 5.23. The molecule has 15 heavy (non-hydrogen) atoms. The first kappa shape index (κ1) is 14.4. The Labute approximate surface area is 92.8 Å². The second kappa shape index (κ2) is 6.80. The molecule has 4 nitrogen and oxygen atoms in total. The predicted octanol–water partition coefficient (Wildman–Crippen LogP) is 0.999. The van der Waals surface area contributed by atoms with Gasteiger partial charge in [-0.2, -0.15) is 0 Å². The number of ether oxygens (including phenoxy) is 1. The summed E-state index contributed by atoms with van der Waals surface area (Å²) < 4.78 is 4.94. The Morgan fingerprint density at radius 2 is 2.13 bits per heavy atom. The number of carbonyl (C=O) groups excluding carboxylic acids is 1. The van der Waals surface area contributed by atoms with Crippen LogP contribution in [0.25, 0.3) is 0 Å². The standard InChI is InChI=1S/C11H24N2O2/c1-5-7-11(2,12)10(14)13(3)8-6-9-15-4/h5-9,12H2,1-4H3. The van der Waals surface area contributed by atoms with Crippen molar-refractivity contribution in [2.75, 3.05) is 27.3 Å². The molecule has 0 fully saturated rings. The molecule has 0 aromatic rings. The number of likely N-dealkylation sites (N-methyl/N-ethyl adjacent to an activating group) is 1. The van der Waals surface area contributed by atoms with Crippen LogP contribution in [0.1, 0.15) is 33.1 Å². The van der Waals surface area contributed by atoms with Crippen molar-refractivity contribution < 1.29 is 9.53 Å². The summed E-state index contributed by atoms with van der Waals surface area (Å²) in [5, 5.41) is 0. The quantitative estimate of drug-likeness (QED) is 0.646. The Hall–Kier alpha value is -0.610. The molecule has 0 aliphatic rings. The molecule has 0 aromatic heterocycles. The van der Waals surface area contributed by atoms with Crippen molar-refractivity contribution in [1.82, 2.24) is 4.90 Å². The van der Waals surface area contributed by atoms with E-state index in [1.165, 1.54) is 0 Å². The predicted molar refractivity (Wildman–Crippen MR) is 61.6 cm³/mol. The van der Waals surface area contributed by atoms with Crippen molar-refractivity contribution in [3.05, 3.63) is 0 Å². The summed E-state index contributed by atoms with van der Waals surface area (Å²) >= 11 is 0. The van der Waals surface area contributed by atoms with Crippen LogP contribution in [0.3, 0.4) is 0 Å². The fourth-order valence-corrected chi connectivity index (χ4v) is 1.61. The van der Waals surface area contributed by atoms with E-state index in [2.05, 4.69) is 0 Å². The second-order valence-corrected chi connectivity index (χ2v) is 4.24. The summed E-state index contributed by atoms with van der Waals surface area (Å²) in [6.45, 7) is 5.20. The van der Waals surface area contributed by atoms with Crippen LogP contribution >= 0.6 is 0 Å². The van der Waals surface area contributed by atoms with Crippen molar-refractivity contribution >= 4 is 5.91 Å². The zero-order chi connectivity index (χ0) is 11.9. The van der Waals surface area contributed by atoms with E-state index in [1.807, 2.05) is 6.92 Å². The molecule has 0 saturated carbocycles. The zero-order valence-corrected chi connectivity index (χ0v) is 10.4. The van der Waals surface area contributed by atoms with Gasteiger partial charge in [-0.1, -0.05) is 13.3 Å². The number of hydrogen-bond donors (Lipinski definition) is 1. The lowest BCUT2D eigenvalue weighted by Crippen LogP contribution is -2.52. The molecule has 90 valence electrons. The maximum Gasteiger partial charge on any atom is 0.242 e. The average molecular weight is 216 g/mol. The molecule has 0 rings (SSSR count). The maximum atomic E-state index is 11.9. The average Bonchev–Trinajstić information content (AvgIpc) is 2.16. The minimum absolute atomic E-state index is 0.0143. The first-order valence-corrected chi connectivity index (χ1v) is 5.49. The Morgan fingerprint density at radius 1 is 1.53 bits per heavy atom. The van der Waals surface area contributed by atoms with Crippen LogP contribution in [-0.2, 0) is 9.53 Å². The van der Waals surface area contributed by atoms with Gasteiger partial charge in [-0.05, 0) is 19.8 Å². The minimum atomic E-state index is -0.726. The van der Waals surface area contributed by atoms with E-state index in [9.17, 15) is 4.79 Å². The van der Waals surface area contributed by atoms with E-state index >= 15 is 0 Å². The van der Waals surface area contributed by atoms with Crippen molar-refractivity contribution in [1.29, 1.82) is 0 Å². The molecule has 0 radical (unpaired) electrons. The molecule has 0 aliphatic carbocycles. The summed E-state index contributed by atoms with van der Waals surface area (Å²) in [7, 11) is 3.45. The molecule has 4 heteroatoms. The number of carbonyl (C=O) groups is 1. The Balaban J connectivity index is 4.06. The number of nitrogens with zero attached hydrogens (tertiary/aromatic N) is 1. The van der Waals surface area contributed by atoms with Crippen LogP contribution in [-0.4, -0.2) is 43.7 Å². The van der Waals surface area contributed by atoms with E-state index in [-0.39, 0.29) is 5.91 Å². The van der Waals surface area contributed by atoms with Crippen LogP contribution in [0.4, 0.5) is 0 Å². The molecule has 0 spiro atoms. The summed E-state index contributed by atoms with van der Waals surface area (Å²) in [6, 6.07) is 0. The molecular weight excluding hydrogens is 192 g/mol. The van der Waals surface area contributed by atoms with Gasteiger partial charge in [-0.25, -0.2) is 0 Å². The zero-order valence-electron chi connectivity index (χ0n) is 10.4. The van der Waals surface area contributed by atoms with Crippen LogP contribution in [0, 0.1) is 0 Å². The topological polar surface area (TPSA) is 55.6 Å². The number of methoxy groups -OCH3 is 1. The van der Waals surface area contributed by atoms with Gasteiger partial charge in [0.2, 0.25) is 5.91 Å². The molecule has 1 unspecified atom stereocenters. The van der Waals surface area contributed by atoms with E-state index in [0.29, 0.717) is 13.2 Å². The SMILES string of the molecule is CCCC(C)(N)C(=O)N(C)CCCOC. The number of nitrogens with two attached hydrogens (primary N) is 1. The number of amides is 1. The second-order valence-electron chi connectivity index (χ2n) is 4.24. The highest BCUT2D eigenvalue weighted by molar-refractivity contribution is 5.85. The molecule has 1 amide bonds. The molecule has 0 aliphatic heterocycles. The Bertz CT molecular complexity index is 193. The Kier molecular flexibility index (Phi) is 6.52. The highest BCUT2D eigenvalue weighted by Gasteiger charge is 2.29. The van der Waals surface area contributed by atoms with Crippen LogP contribution in [0.15, 0.2) is 0 Å².